The van der Waals surface area contributed by atoms with Crippen LogP contribution in [0, 0.1) is 0 Å². The van der Waals surface area contributed by atoms with E-state index in [2.05, 4.69) is 15.9 Å². The van der Waals surface area contributed by atoms with Crippen molar-refractivity contribution in [2.45, 2.75) is 37.5 Å². The van der Waals surface area contributed by atoms with Gasteiger partial charge < -0.3 is 14.9 Å². The molecule has 0 spiro atoms. The van der Waals surface area contributed by atoms with Crippen LogP contribution in [0.1, 0.15) is 37.7 Å². The number of phenolic OH excluding ortho intramolecular Hbond substituents is 1. The van der Waals surface area contributed by atoms with Gasteiger partial charge in [0.1, 0.15) is 0 Å². The lowest BCUT2D eigenvalue weighted by atomic mass is 9.69. The molecule has 0 bridgehead atoms. The monoisotopic (exact) mass is 328 g/mol. The van der Waals surface area contributed by atoms with Crippen LogP contribution >= 0.6 is 15.9 Å². The summed E-state index contributed by atoms with van der Waals surface area (Å²) in [6, 6.07) is 3.15. The highest BCUT2D eigenvalue weighted by molar-refractivity contribution is 9.10. The molecule has 1 aliphatic carbocycles. The highest BCUT2D eigenvalue weighted by atomic mass is 79.9. The van der Waals surface area contributed by atoms with Crippen LogP contribution in [0.2, 0.25) is 0 Å². The Balaban J connectivity index is 2.54. The zero-order valence-electron chi connectivity index (χ0n) is 10.8. The topological polar surface area (TPSA) is 66.8 Å². The number of ether oxygens (including phenoxy) is 1. The summed E-state index contributed by atoms with van der Waals surface area (Å²) in [4.78, 5) is 11.8. The summed E-state index contributed by atoms with van der Waals surface area (Å²) in [6.07, 6.45) is 4.06. The van der Waals surface area contributed by atoms with Crippen LogP contribution in [0.5, 0.6) is 11.5 Å². The molecule has 2 N–H and O–H groups in total. The number of methoxy groups -OCH3 is 1. The first-order valence-electron chi connectivity index (χ1n) is 6.31. The van der Waals surface area contributed by atoms with E-state index in [0.29, 0.717) is 28.6 Å². The number of aliphatic carboxylic acids is 1. The number of aromatic hydroxyl groups is 1. The highest BCUT2D eigenvalue weighted by Gasteiger charge is 2.43. The molecule has 1 aliphatic rings. The molecule has 0 radical (unpaired) electrons. The van der Waals surface area contributed by atoms with Crippen LogP contribution < -0.4 is 4.74 Å². The number of halogens is 1. The molecule has 0 saturated heterocycles. The van der Waals surface area contributed by atoms with Gasteiger partial charge in [0.2, 0.25) is 0 Å². The van der Waals surface area contributed by atoms with Gasteiger partial charge in [-0.15, -0.1) is 0 Å². The van der Waals surface area contributed by atoms with Crippen molar-refractivity contribution in [1.29, 1.82) is 0 Å². The maximum absolute atomic E-state index is 11.8. The Morgan fingerprint density at radius 1 is 1.32 bits per heavy atom. The fraction of sp³-hybridized carbons (Fsp3) is 0.500. The third-order valence-electron chi connectivity index (χ3n) is 3.90. The van der Waals surface area contributed by atoms with Gasteiger partial charge in [-0.1, -0.05) is 35.2 Å². The summed E-state index contributed by atoms with van der Waals surface area (Å²) in [5, 5.41) is 19.6. The van der Waals surface area contributed by atoms with Crippen LogP contribution in [-0.4, -0.2) is 23.3 Å². The van der Waals surface area contributed by atoms with Gasteiger partial charge in [-0.3, -0.25) is 4.79 Å². The Bertz CT molecular complexity index is 492. The molecule has 0 unspecified atom stereocenters. The zero-order valence-corrected chi connectivity index (χ0v) is 12.4. The average molecular weight is 329 g/mol. The first kappa shape index (κ1) is 14.2. The van der Waals surface area contributed by atoms with Gasteiger partial charge in [0, 0.05) is 4.47 Å². The molecule has 0 amide bonds. The summed E-state index contributed by atoms with van der Waals surface area (Å²) < 4.78 is 5.71. The number of benzene rings is 1. The summed E-state index contributed by atoms with van der Waals surface area (Å²) >= 11 is 3.41. The van der Waals surface area contributed by atoms with Crippen molar-refractivity contribution in [3.63, 3.8) is 0 Å². The molecule has 5 heteroatoms. The van der Waals surface area contributed by atoms with E-state index in [0.717, 1.165) is 19.3 Å². The van der Waals surface area contributed by atoms with Gasteiger partial charge in [0.05, 0.1) is 12.5 Å². The second-order valence-electron chi connectivity index (χ2n) is 4.95. The molecule has 0 heterocycles. The summed E-state index contributed by atoms with van der Waals surface area (Å²) in [7, 11) is 1.47. The van der Waals surface area contributed by atoms with Crippen molar-refractivity contribution in [1.82, 2.24) is 0 Å². The van der Waals surface area contributed by atoms with E-state index < -0.39 is 11.4 Å². The second kappa shape index (κ2) is 5.41. The molecule has 0 aromatic heterocycles. The van der Waals surface area contributed by atoms with Crippen molar-refractivity contribution in [2.24, 2.45) is 0 Å². The lowest BCUT2D eigenvalue weighted by Gasteiger charge is -2.34. The third-order valence-corrected chi connectivity index (χ3v) is 4.56. The van der Waals surface area contributed by atoms with Gasteiger partial charge in [-0.25, -0.2) is 0 Å². The molecule has 2 rings (SSSR count). The van der Waals surface area contributed by atoms with Gasteiger partial charge in [-0.05, 0) is 30.5 Å². The minimum Gasteiger partial charge on any atom is -0.504 e. The van der Waals surface area contributed by atoms with Crippen molar-refractivity contribution >= 4 is 21.9 Å². The first-order chi connectivity index (χ1) is 9.01. The molecule has 104 valence electrons. The molecule has 4 nitrogen and oxygen atoms in total. The number of rotatable bonds is 3. The lowest BCUT2D eigenvalue weighted by molar-refractivity contribution is -0.145. The van der Waals surface area contributed by atoms with E-state index in [1.54, 1.807) is 6.07 Å². The molecule has 0 atom stereocenters. The van der Waals surface area contributed by atoms with Crippen LogP contribution in [0.3, 0.4) is 0 Å². The smallest absolute Gasteiger partial charge is 0.314 e. The molecule has 1 aromatic rings. The summed E-state index contributed by atoms with van der Waals surface area (Å²) in [5.74, 6) is -0.503. The fourth-order valence-corrected chi connectivity index (χ4v) is 3.53. The highest BCUT2D eigenvalue weighted by Crippen LogP contribution is 2.45. The van der Waals surface area contributed by atoms with Crippen LogP contribution in [0.15, 0.2) is 16.6 Å². The number of carbonyl (C=O) groups is 1. The number of carboxylic acid groups (broad SMARTS) is 1. The second-order valence-corrected chi connectivity index (χ2v) is 5.81. The van der Waals surface area contributed by atoms with E-state index in [-0.39, 0.29) is 5.75 Å². The standard InChI is InChI=1S/C14H17BrO4/c1-19-12-8-10(15)9(7-11(12)16)14(13(17)18)5-3-2-4-6-14/h7-8,16H,2-6H2,1H3,(H,17,18). The van der Waals surface area contributed by atoms with E-state index in [1.807, 2.05) is 0 Å². The Labute approximate surface area is 120 Å². The molecular formula is C14H17BrO4. The van der Waals surface area contributed by atoms with Gasteiger partial charge in [0.15, 0.2) is 11.5 Å². The van der Waals surface area contributed by atoms with Crippen molar-refractivity contribution in [3.8, 4) is 11.5 Å². The molecule has 19 heavy (non-hydrogen) atoms. The normalized spacial score (nSPS) is 18.0. The maximum atomic E-state index is 11.8. The predicted molar refractivity (Wildman–Crippen MR) is 74.8 cm³/mol. The number of hydrogen-bond acceptors (Lipinski definition) is 3. The van der Waals surface area contributed by atoms with Crippen molar-refractivity contribution in [2.75, 3.05) is 7.11 Å². The number of hydrogen-bond donors (Lipinski definition) is 2. The fourth-order valence-electron chi connectivity index (χ4n) is 2.83. The molecule has 1 aromatic carbocycles. The Hall–Kier alpha value is -1.23. The van der Waals surface area contributed by atoms with Crippen LogP contribution in [-0.2, 0) is 10.2 Å². The van der Waals surface area contributed by atoms with E-state index in [1.165, 1.54) is 13.2 Å². The summed E-state index contributed by atoms with van der Waals surface area (Å²) in [6.45, 7) is 0. The number of phenols is 1. The minimum atomic E-state index is -0.902. The SMILES string of the molecule is COc1cc(Br)c(C2(C(=O)O)CCCCC2)cc1O. The molecule has 1 fully saturated rings. The van der Waals surface area contributed by atoms with Crippen molar-refractivity contribution < 1.29 is 19.7 Å². The Morgan fingerprint density at radius 3 is 2.47 bits per heavy atom. The van der Waals surface area contributed by atoms with Gasteiger partial charge in [0.25, 0.3) is 0 Å². The summed E-state index contributed by atoms with van der Waals surface area (Å²) in [5.41, 5.74) is -0.265. The van der Waals surface area contributed by atoms with E-state index in [9.17, 15) is 15.0 Å². The van der Waals surface area contributed by atoms with Gasteiger partial charge in [-0.2, -0.15) is 0 Å². The van der Waals surface area contributed by atoms with Crippen LogP contribution in [0.25, 0.3) is 0 Å². The molecule has 0 aliphatic heterocycles. The van der Waals surface area contributed by atoms with E-state index >= 15 is 0 Å². The quantitative estimate of drug-likeness (QED) is 0.891. The van der Waals surface area contributed by atoms with Crippen LogP contribution in [0.4, 0.5) is 0 Å². The largest absolute Gasteiger partial charge is 0.504 e. The van der Waals surface area contributed by atoms with Crippen molar-refractivity contribution in [3.05, 3.63) is 22.2 Å². The minimum absolute atomic E-state index is 0.0214. The maximum Gasteiger partial charge on any atom is 0.314 e. The number of carboxylic acids is 1. The molecule has 1 saturated carbocycles. The lowest BCUT2D eigenvalue weighted by Crippen LogP contribution is -2.38. The molecular weight excluding hydrogens is 312 g/mol. The Kier molecular flexibility index (Phi) is 4.04. The van der Waals surface area contributed by atoms with E-state index in [4.69, 9.17) is 4.74 Å². The average Bonchev–Trinajstić information content (AvgIpc) is 2.41. The Morgan fingerprint density at radius 2 is 1.95 bits per heavy atom. The zero-order chi connectivity index (χ0) is 14.0. The third kappa shape index (κ3) is 2.43. The van der Waals surface area contributed by atoms with Gasteiger partial charge >= 0.3 is 5.97 Å². The predicted octanol–water partition coefficient (Wildman–Crippen LogP) is 3.45. The first-order valence-corrected chi connectivity index (χ1v) is 7.11.